The Hall–Kier alpha value is -2.96. The Morgan fingerprint density at radius 2 is 1.56 bits per heavy atom. The highest BCUT2D eigenvalue weighted by Gasteiger charge is 2.54. The largest absolute Gasteiger partial charge is 0.378 e. The molecule has 0 aromatic heterocycles. The van der Waals surface area contributed by atoms with Gasteiger partial charge < -0.3 is 5.32 Å². The average Bonchev–Trinajstić information content (AvgIpc) is 3.29. The van der Waals surface area contributed by atoms with Gasteiger partial charge in [0.05, 0.1) is 15.9 Å². The first-order valence-electron chi connectivity index (χ1n) is 9.32. The maximum Gasteiger partial charge on any atom is 0.269 e. The summed E-state index contributed by atoms with van der Waals surface area (Å²) in [5.74, 6) is 1.86. The van der Waals surface area contributed by atoms with Gasteiger partial charge in [0.2, 0.25) is 0 Å². The number of rotatable bonds is 3. The summed E-state index contributed by atoms with van der Waals surface area (Å²) in [6.07, 6.45) is 3.55. The monoisotopic (exact) mass is 365 g/mol. The minimum atomic E-state index is -0.382. The molecule has 27 heavy (non-hydrogen) atoms. The zero-order valence-corrected chi connectivity index (χ0v) is 14.6. The number of nitrogens with zero attached hydrogens (tertiary/aromatic N) is 2. The molecule has 0 unspecified atom stereocenters. The maximum atomic E-state index is 11.2. The van der Waals surface area contributed by atoms with Crippen molar-refractivity contribution in [2.24, 2.45) is 17.8 Å². The Kier molecular flexibility index (Phi) is 3.47. The molecule has 1 heterocycles. The summed E-state index contributed by atoms with van der Waals surface area (Å²) in [5.41, 5.74) is 3.31. The predicted octanol–water partition coefficient (Wildman–Crippen LogP) is 4.80. The molecule has 7 heteroatoms. The van der Waals surface area contributed by atoms with E-state index in [1.807, 2.05) is 18.2 Å². The molecule has 2 fully saturated rings. The molecule has 5 atom stereocenters. The molecule has 138 valence electrons. The SMILES string of the molecule is O=[N+]([O-])c1ccc([C@@H]2Nc3ccc([N+](=O)[O-])cc3[C@@H]3[C@H]4CC[C@@H](C4)[C@H]32)cc1. The molecule has 2 aliphatic carbocycles. The molecule has 5 rings (SSSR count). The van der Waals surface area contributed by atoms with Crippen molar-refractivity contribution in [3.05, 3.63) is 73.8 Å². The van der Waals surface area contributed by atoms with E-state index in [9.17, 15) is 20.2 Å². The second-order valence-electron chi connectivity index (χ2n) is 7.94. The third-order valence-electron chi connectivity index (χ3n) is 6.74. The van der Waals surface area contributed by atoms with Gasteiger partial charge in [-0.15, -0.1) is 0 Å². The summed E-state index contributed by atoms with van der Waals surface area (Å²) in [4.78, 5) is 21.5. The quantitative estimate of drug-likeness (QED) is 0.622. The van der Waals surface area contributed by atoms with Gasteiger partial charge in [-0.3, -0.25) is 20.2 Å². The van der Waals surface area contributed by atoms with E-state index in [2.05, 4.69) is 5.32 Å². The number of hydrogen-bond donors (Lipinski definition) is 1. The minimum Gasteiger partial charge on any atom is -0.378 e. The fraction of sp³-hybridized carbons (Fsp3) is 0.400. The van der Waals surface area contributed by atoms with Crippen molar-refractivity contribution < 1.29 is 9.85 Å². The van der Waals surface area contributed by atoms with Crippen LogP contribution in [-0.2, 0) is 0 Å². The van der Waals surface area contributed by atoms with Crippen LogP contribution in [0.5, 0.6) is 0 Å². The predicted molar refractivity (Wildman–Crippen MR) is 99.6 cm³/mol. The van der Waals surface area contributed by atoms with Crippen LogP contribution in [0.4, 0.5) is 17.1 Å². The van der Waals surface area contributed by atoms with E-state index in [4.69, 9.17) is 0 Å². The second kappa shape index (κ2) is 5.77. The van der Waals surface area contributed by atoms with E-state index >= 15 is 0 Å². The van der Waals surface area contributed by atoms with E-state index in [1.165, 1.54) is 19.3 Å². The lowest BCUT2D eigenvalue weighted by molar-refractivity contribution is -0.385. The molecule has 3 aliphatic rings. The molecule has 2 aromatic carbocycles. The molecule has 2 saturated carbocycles. The van der Waals surface area contributed by atoms with Crippen molar-refractivity contribution in [3.8, 4) is 0 Å². The third kappa shape index (κ3) is 2.41. The molecule has 1 aliphatic heterocycles. The van der Waals surface area contributed by atoms with Crippen molar-refractivity contribution in [1.29, 1.82) is 0 Å². The van der Waals surface area contributed by atoms with Crippen molar-refractivity contribution >= 4 is 17.1 Å². The third-order valence-corrected chi connectivity index (χ3v) is 6.74. The summed E-state index contributed by atoms with van der Waals surface area (Å²) >= 11 is 0. The highest BCUT2D eigenvalue weighted by Crippen LogP contribution is 2.63. The van der Waals surface area contributed by atoms with Crippen LogP contribution in [0.15, 0.2) is 42.5 Å². The van der Waals surface area contributed by atoms with Gasteiger partial charge in [0.25, 0.3) is 11.4 Å². The molecule has 0 radical (unpaired) electrons. The molecule has 0 spiro atoms. The zero-order chi connectivity index (χ0) is 18.7. The number of anilines is 1. The lowest BCUT2D eigenvalue weighted by Crippen LogP contribution is -2.35. The van der Waals surface area contributed by atoms with Crippen molar-refractivity contribution in [1.82, 2.24) is 0 Å². The molecule has 7 nitrogen and oxygen atoms in total. The molecular weight excluding hydrogens is 346 g/mol. The van der Waals surface area contributed by atoms with Gasteiger partial charge in [0.1, 0.15) is 0 Å². The van der Waals surface area contributed by atoms with Gasteiger partial charge in [-0.25, -0.2) is 0 Å². The number of non-ortho nitro benzene ring substituents is 2. The molecule has 2 bridgehead atoms. The van der Waals surface area contributed by atoms with Crippen LogP contribution < -0.4 is 5.32 Å². The fourth-order valence-electron chi connectivity index (χ4n) is 5.72. The van der Waals surface area contributed by atoms with Crippen molar-refractivity contribution in [2.45, 2.75) is 31.2 Å². The second-order valence-corrected chi connectivity index (χ2v) is 7.94. The van der Waals surface area contributed by atoms with Crippen LogP contribution in [0.2, 0.25) is 0 Å². The van der Waals surface area contributed by atoms with Crippen LogP contribution in [0, 0.1) is 38.0 Å². The average molecular weight is 365 g/mol. The number of nitro groups is 2. The van der Waals surface area contributed by atoms with Gasteiger partial charge in [-0.1, -0.05) is 12.1 Å². The lowest BCUT2D eigenvalue weighted by atomic mass is 9.68. The number of benzene rings is 2. The molecular formula is C20H19N3O4. The number of hydrogen-bond acceptors (Lipinski definition) is 5. The van der Waals surface area contributed by atoms with Gasteiger partial charge in [0.15, 0.2) is 0 Å². The van der Waals surface area contributed by atoms with Gasteiger partial charge in [0, 0.05) is 30.0 Å². The van der Waals surface area contributed by atoms with Gasteiger partial charge in [-0.05, 0) is 60.1 Å². The summed E-state index contributed by atoms with van der Waals surface area (Å²) in [6, 6.07) is 12.0. The first-order valence-corrected chi connectivity index (χ1v) is 9.32. The van der Waals surface area contributed by atoms with Crippen LogP contribution in [-0.4, -0.2) is 9.85 Å². The summed E-state index contributed by atoms with van der Waals surface area (Å²) in [5, 5.41) is 25.8. The number of nitro benzene ring substituents is 2. The van der Waals surface area contributed by atoms with E-state index in [-0.39, 0.29) is 27.3 Å². The number of fused-ring (bicyclic) bond motifs is 7. The smallest absolute Gasteiger partial charge is 0.269 e. The van der Waals surface area contributed by atoms with Gasteiger partial charge >= 0.3 is 0 Å². The number of nitrogens with one attached hydrogen (secondary N) is 1. The normalized spacial score (nSPS) is 30.3. The Balaban J connectivity index is 1.58. The first kappa shape index (κ1) is 16.2. The minimum absolute atomic E-state index is 0.0834. The van der Waals surface area contributed by atoms with Gasteiger partial charge in [-0.2, -0.15) is 0 Å². The molecule has 1 N–H and O–H groups in total. The summed E-state index contributed by atoms with van der Waals surface area (Å²) in [6.45, 7) is 0. The maximum absolute atomic E-state index is 11.2. The van der Waals surface area contributed by atoms with E-state index in [0.717, 1.165) is 16.8 Å². The Morgan fingerprint density at radius 3 is 2.26 bits per heavy atom. The summed E-state index contributed by atoms with van der Waals surface area (Å²) < 4.78 is 0. The van der Waals surface area contributed by atoms with Crippen molar-refractivity contribution in [3.63, 3.8) is 0 Å². The van der Waals surface area contributed by atoms with Crippen LogP contribution in [0.25, 0.3) is 0 Å². The first-order chi connectivity index (χ1) is 13.0. The van der Waals surface area contributed by atoms with E-state index in [1.54, 1.807) is 24.3 Å². The Labute approximate surface area is 155 Å². The van der Waals surface area contributed by atoms with E-state index in [0.29, 0.717) is 23.7 Å². The Morgan fingerprint density at radius 1 is 0.889 bits per heavy atom. The van der Waals surface area contributed by atoms with Crippen molar-refractivity contribution in [2.75, 3.05) is 5.32 Å². The standard InChI is InChI=1S/C20H19N3O4/c24-22(25)14-5-3-11(4-6-14)20-19-13-2-1-12(9-13)18(19)16-10-15(23(26)27)7-8-17(16)21-20/h3-8,10,12-13,18-21H,1-2,9H2/t12-,13-,18-,19+,20-/m0/s1. The lowest BCUT2D eigenvalue weighted by Gasteiger charge is -2.43. The summed E-state index contributed by atoms with van der Waals surface area (Å²) in [7, 11) is 0. The van der Waals surface area contributed by atoms with Crippen LogP contribution >= 0.6 is 0 Å². The zero-order valence-electron chi connectivity index (χ0n) is 14.6. The molecule has 0 amide bonds. The topological polar surface area (TPSA) is 98.3 Å². The highest BCUT2D eigenvalue weighted by molar-refractivity contribution is 5.62. The fourth-order valence-corrected chi connectivity index (χ4v) is 5.72. The van der Waals surface area contributed by atoms with E-state index < -0.39 is 0 Å². The molecule has 2 aromatic rings. The molecule has 0 saturated heterocycles. The van der Waals surface area contributed by atoms with Crippen LogP contribution in [0.3, 0.4) is 0 Å². The highest BCUT2D eigenvalue weighted by atomic mass is 16.6. The Bertz CT molecular complexity index is 943. The van der Waals surface area contributed by atoms with Crippen LogP contribution in [0.1, 0.15) is 42.3 Å².